The molecule has 1 amide bonds. The van der Waals surface area contributed by atoms with Crippen LogP contribution in [0.5, 0.6) is 0 Å². The molecule has 214 valence electrons. The van der Waals surface area contributed by atoms with Crippen LogP contribution in [0.25, 0.3) is 0 Å². The number of alkyl halides is 1. The largest absolute Gasteiger partial charge is 0.388 e. The van der Waals surface area contributed by atoms with Gasteiger partial charge in [0.2, 0.25) is 5.91 Å². The first-order valence-electron chi connectivity index (χ1n) is 13.9. The second kappa shape index (κ2) is 13.6. The Hall–Kier alpha value is -0.940. The maximum Gasteiger partial charge on any atom is 0.237 e. The molecule has 10 atom stereocenters. The highest BCUT2D eigenvalue weighted by molar-refractivity contribution is 7.99. The first-order valence-corrected chi connectivity index (χ1v) is 15.6. The minimum Gasteiger partial charge on any atom is -0.388 e. The van der Waals surface area contributed by atoms with E-state index in [0.717, 1.165) is 51.5 Å². The van der Waals surface area contributed by atoms with Gasteiger partial charge in [0.1, 0.15) is 35.7 Å². The molecular formula is C28H42ClFN2O5S. The number of halogens is 2. The third-order valence-corrected chi connectivity index (χ3v) is 9.72. The second-order valence-electron chi connectivity index (χ2n) is 11.1. The van der Waals surface area contributed by atoms with Crippen LogP contribution in [-0.2, 0) is 16.0 Å². The maximum atomic E-state index is 13.7. The number of rotatable bonds is 9. The van der Waals surface area contributed by atoms with Gasteiger partial charge < -0.3 is 30.7 Å². The number of aliphatic hydroxyl groups excluding tert-OH is 3. The number of hydrogen-bond acceptors (Lipinski definition) is 7. The van der Waals surface area contributed by atoms with Crippen LogP contribution in [0.15, 0.2) is 18.2 Å². The molecule has 0 spiro atoms. The second-order valence-corrected chi connectivity index (χ2v) is 12.8. The van der Waals surface area contributed by atoms with Crippen molar-refractivity contribution in [3.8, 4) is 0 Å². The van der Waals surface area contributed by atoms with Gasteiger partial charge in [-0.3, -0.25) is 4.79 Å². The zero-order valence-electron chi connectivity index (χ0n) is 22.2. The number of thioether (sulfide) groups is 1. The summed E-state index contributed by atoms with van der Waals surface area (Å²) >= 11 is 7.64. The molecule has 2 aliphatic heterocycles. The van der Waals surface area contributed by atoms with Crippen molar-refractivity contribution in [1.82, 2.24) is 10.6 Å². The Labute approximate surface area is 234 Å². The number of hydrogen-bond donors (Lipinski definition) is 5. The Morgan fingerprint density at radius 1 is 1.18 bits per heavy atom. The smallest absolute Gasteiger partial charge is 0.237 e. The summed E-state index contributed by atoms with van der Waals surface area (Å²) < 4.78 is 19.6. The number of amides is 1. The third-order valence-electron chi connectivity index (χ3n) is 8.59. The number of ether oxygens (including phenoxy) is 1. The Morgan fingerprint density at radius 3 is 2.71 bits per heavy atom. The van der Waals surface area contributed by atoms with E-state index >= 15 is 0 Å². The van der Waals surface area contributed by atoms with E-state index in [9.17, 15) is 24.5 Å². The molecule has 3 aliphatic rings. The molecule has 2 fully saturated rings. The lowest BCUT2D eigenvalue weighted by Crippen LogP contribution is -2.65. The summed E-state index contributed by atoms with van der Waals surface area (Å²) in [5.74, 6) is 0.618. The average molecular weight is 573 g/mol. The van der Waals surface area contributed by atoms with Gasteiger partial charge in [0, 0.05) is 0 Å². The zero-order valence-corrected chi connectivity index (χ0v) is 23.8. The van der Waals surface area contributed by atoms with Crippen molar-refractivity contribution in [2.45, 2.75) is 112 Å². The highest BCUT2D eigenvalue weighted by atomic mass is 35.5. The Balaban J connectivity index is 1.27. The van der Waals surface area contributed by atoms with E-state index in [0.29, 0.717) is 18.3 Å². The number of benzene rings is 1. The van der Waals surface area contributed by atoms with Crippen LogP contribution < -0.4 is 10.6 Å². The van der Waals surface area contributed by atoms with Gasteiger partial charge in [0.15, 0.2) is 0 Å². The molecule has 7 nitrogen and oxygen atoms in total. The first-order chi connectivity index (χ1) is 18.2. The quantitative estimate of drug-likeness (QED) is 0.289. The van der Waals surface area contributed by atoms with Crippen LogP contribution in [0.3, 0.4) is 0 Å². The molecule has 4 unspecified atom stereocenters. The lowest BCUT2D eigenvalue weighted by Gasteiger charge is -2.44. The predicted octanol–water partition coefficient (Wildman–Crippen LogP) is 3.07. The average Bonchev–Trinajstić information content (AvgIpc) is 3.13. The summed E-state index contributed by atoms with van der Waals surface area (Å²) in [5.41, 5.74) is 1.74. The molecule has 2 heterocycles. The van der Waals surface area contributed by atoms with E-state index in [-0.39, 0.29) is 17.8 Å². The molecule has 4 rings (SSSR count). The van der Waals surface area contributed by atoms with Gasteiger partial charge in [-0.05, 0) is 93.3 Å². The van der Waals surface area contributed by atoms with Crippen LogP contribution in [-0.4, -0.2) is 81.3 Å². The van der Waals surface area contributed by atoms with Crippen molar-refractivity contribution in [1.29, 1.82) is 0 Å². The summed E-state index contributed by atoms with van der Waals surface area (Å²) in [4.78, 5) is 13.2. The van der Waals surface area contributed by atoms with E-state index < -0.39 is 41.3 Å². The van der Waals surface area contributed by atoms with Crippen LogP contribution in [0, 0.1) is 11.7 Å². The summed E-state index contributed by atoms with van der Waals surface area (Å²) in [7, 11) is 0. The van der Waals surface area contributed by atoms with Gasteiger partial charge in [-0.15, -0.1) is 23.4 Å². The number of fused-ring (bicyclic) bond motifs is 1. The number of aliphatic hydroxyl groups is 3. The van der Waals surface area contributed by atoms with E-state index in [4.69, 9.17) is 16.3 Å². The van der Waals surface area contributed by atoms with Crippen LogP contribution >= 0.6 is 23.4 Å². The standard InChI is InChI=1S/C28H42ClFN2O5S/c1-15(29)22(26-24(34)23(33)25(35)28(37-26)38-2)32-27(36)21-11-6-16(12-13-31-21)4-3-5-17-7-8-18-9-10-19(30)14-20(17)18/h9-10,14-17,21-26,28,31,33-35H,3-8,11-13H2,1-2H3,(H,32,36)/t15-,16-,17?,21-,22+,23?,24?,25+,26+,28?/m0/s1. The number of aryl methyl sites for hydroxylation is 1. The molecule has 1 aliphatic carbocycles. The van der Waals surface area contributed by atoms with Crippen LogP contribution in [0.2, 0.25) is 0 Å². The van der Waals surface area contributed by atoms with Crippen LogP contribution in [0.1, 0.15) is 68.9 Å². The SMILES string of the molecule is CSC1O[C@H]([C@H](NC(=O)[C@@H]2CC[C@H](CCCC3CCc4ccc(F)cc43)CCN2)[C@H](C)Cl)C(O)C(O)[C@H]1O. The molecule has 0 bridgehead atoms. The summed E-state index contributed by atoms with van der Waals surface area (Å²) in [6.07, 6.45) is 4.80. The minimum atomic E-state index is -1.39. The van der Waals surface area contributed by atoms with Crippen molar-refractivity contribution in [2.75, 3.05) is 12.8 Å². The Bertz CT molecular complexity index is 941. The molecule has 5 N–H and O–H groups in total. The third kappa shape index (κ3) is 7.03. The van der Waals surface area contributed by atoms with E-state index in [2.05, 4.69) is 10.6 Å². The molecule has 2 saturated heterocycles. The van der Waals surface area contributed by atoms with Crippen molar-refractivity contribution in [3.05, 3.63) is 35.1 Å². The fourth-order valence-corrected chi connectivity index (χ4v) is 7.21. The molecule has 0 aromatic heterocycles. The molecule has 10 heteroatoms. The summed E-state index contributed by atoms with van der Waals surface area (Å²) in [6.45, 7) is 2.45. The van der Waals surface area contributed by atoms with Crippen molar-refractivity contribution >= 4 is 29.3 Å². The monoisotopic (exact) mass is 572 g/mol. The Morgan fingerprint density at radius 2 is 1.97 bits per heavy atom. The fourth-order valence-electron chi connectivity index (χ4n) is 6.32. The zero-order chi connectivity index (χ0) is 27.4. The van der Waals surface area contributed by atoms with Gasteiger partial charge in [-0.1, -0.05) is 18.9 Å². The first kappa shape index (κ1) is 30.0. The number of nitrogens with one attached hydrogen (secondary N) is 2. The number of carbonyl (C=O) groups is 1. The Kier molecular flexibility index (Phi) is 10.8. The van der Waals surface area contributed by atoms with Crippen LogP contribution in [0.4, 0.5) is 4.39 Å². The lowest BCUT2D eigenvalue weighted by atomic mass is 9.89. The van der Waals surface area contributed by atoms with Gasteiger partial charge in [-0.25, -0.2) is 4.39 Å². The van der Waals surface area contributed by atoms with Crippen molar-refractivity contribution in [3.63, 3.8) is 0 Å². The van der Waals surface area contributed by atoms with Gasteiger partial charge in [0.05, 0.1) is 17.5 Å². The van der Waals surface area contributed by atoms with E-state index in [1.54, 1.807) is 25.3 Å². The fraction of sp³-hybridized carbons (Fsp3) is 0.750. The van der Waals surface area contributed by atoms with E-state index in [1.165, 1.54) is 22.9 Å². The predicted molar refractivity (Wildman–Crippen MR) is 148 cm³/mol. The minimum absolute atomic E-state index is 0.150. The summed E-state index contributed by atoms with van der Waals surface area (Å²) in [6, 6.07) is 4.07. The van der Waals surface area contributed by atoms with Gasteiger partial charge in [0.25, 0.3) is 0 Å². The molecule has 1 aromatic rings. The maximum absolute atomic E-state index is 13.7. The summed E-state index contributed by atoms with van der Waals surface area (Å²) in [5, 5.41) is 36.8. The molecule has 0 saturated carbocycles. The normalized spacial score (nSPS) is 35.2. The van der Waals surface area contributed by atoms with E-state index in [1.807, 2.05) is 6.07 Å². The molecule has 1 aromatic carbocycles. The molecule has 0 radical (unpaired) electrons. The van der Waals surface area contributed by atoms with Crippen molar-refractivity contribution in [2.24, 2.45) is 5.92 Å². The van der Waals surface area contributed by atoms with Gasteiger partial charge in [-0.2, -0.15) is 0 Å². The lowest BCUT2D eigenvalue weighted by molar-refractivity contribution is -0.205. The highest BCUT2D eigenvalue weighted by Crippen LogP contribution is 2.38. The molecular weight excluding hydrogens is 531 g/mol. The molecule has 38 heavy (non-hydrogen) atoms. The van der Waals surface area contributed by atoms with Gasteiger partial charge >= 0.3 is 0 Å². The topological polar surface area (TPSA) is 111 Å². The number of carbonyl (C=O) groups excluding carboxylic acids is 1. The highest BCUT2D eigenvalue weighted by Gasteiger charge is 2.48. The van der Waals surface area contributed by atoms with Crippen molar-refractivity contribution < 1.29 is 29.2 Å².